The second-order valence-electron chi connectivity index (χ2n) is 9.93. The van der Waals surface area contributed by atoms with Gasteiger partial charge in [-0.05, 0) is 116 Å². The number of nitrogen functional groups attached to an aromatic ring is 1. The SMILES string of the molecule is CN1CCC(C(=O)O)CC1.COc1cc(CC(=O)C2CCN(C)CC2)cc(Br)n1.COc1cc(N)cc(Br)n1.O=S(Cl)Cl. The summed E-state index contributed by atoms with van der Waals surface area (Å²) in [4.78, 5) is 35.3. The number of ether oxygens (including phenoxy) is 2. The van der Waals surface area contributed by atoms with E-state index in [1.807, 2.05) is 19.2 Å². The van der Waals surface area contributed by atoms with Crippen molar-refractivity contribution in [1.82, 2.24) is 19.8 Å². The number of rotatable bonds is 6. The quantitative estimate of drug-likeness (QED) is 0.294. The summed E-state index contributed by atoms with van der Waals surface area (Å²) in [5.74, 6) is 0.874. The summed E-state index contributed by atoms with van der Waals surface area (Å²) in [6, 6.07) is 7.08. The number of Topliss-reactive ketones (excluding diaryl/α,β-unsaturated/α-hetero) is 1. The van der Waals surface area contributed by atoms with E-state index in [2.05, 4.69) is 80.0 Å². The summed E-state index contributed by atoms with van der Waals surface area (Å²) in [5.41, 5.74) is 7.08. The van der Waals surface area contributed by atoms with Gasteiger partial charge in [-0.25, -0.2) is 14.2 Å². The first kappa shape index (κ1) is 39.5. The highest BCUT2D eigenvalue weighted by atomic mass is 79.9. The molecule has 16 heteroatoms. The van der Waals surface area contributed by atoms with Gasteiger partial charge in [-0.3, -0.25) is 9.59 Å². The lowest BCUT2D eigenvalue weighted by Crippen LogP contribution is -2.34. The molecule has 0 radical (unpaired) electrons. The molecule has 0 aromatic carbocycles. The molecule has 3 N–H and O–H groups in total. The highest BCUT2D eigenvalue weighted by Gasteiger charge is 2.24. The molecule has 2 aliphatic rings. The Hall–Kier alpha value is -1.55. The number of nitrogens with zero attached hydrogens (tertiary/aromatic N) is 4. The highest BCUT2D eigenvalue weighted by molar-refractivity contribution is 9.10. The third-order valence-corrected chi connectivity index (χ3v) is 7.47. The Labute approximate surface area is 281 Å². The first-order valence-corrected chi connectivity index (χ1v) is 17.7. The number of halogens is 4. The Bertz CT molecular complexity index is 1160. The lowest BCUT2D eigenvalue weighted by Gasteiger charge is -2.28. The van der Waals surface area contributed by atoms with E-state index in [1.54, 1.807) is 26.4 Å². The summed E-state index contributed by atoms with van der Waals surface area (Å²) in [6.45, 7) is 3.88. The number of aliphatic carboxylic acids is 1. The number of methoxy groups -OCH3 is 2. The Morgan fingerprint density at radius 2 is 1.33 bits per heavy atom. The number of hydrogen-bond acceptors (Lipinski definition) is 10. The van der Waals surface area contributed by atoms with Crippen molar-refractivity contribution in [2.75, 3.05) is 60.2 Å². The summed E-state index contributed by atoms with van der Waals surface area (Å²) in [5, 5.41) is 8.61. The minimum Gasteiger partial charge on any atom is -0.481 e. The van der Waals surface area contributed by atoms with E-state index in [-0.39, 0.29) is 11.8 Å². The molecule has 0 atom stereocenters. The normalized spacial score (nSPS) is 16.0. The number of piperidine rings is 2. The van der Waals surface area contributed by atoms with E-state index in [0.717, 1.165) is 57.4 Å². The van der Waals surface area contributed by atoms with Gasteiger partial charge in [0.25, 0.3) is 0 Å². The number of carboxylic acids is 1. The number of carbonyl (C=O) groups is 2. The molecule has 4 rings (SSSR count). The van der Waals surface area contributed by atoms with E-state index in [4.69, 9.17) is 24.5 Å². The fraction of sp³-hybridized carbons (Fsp3) is 0.556. The molecular formula is C27H39Br2Cl2N5O6S. The van der Waals surface area contributed by atoms with E-state index in [1.165, 1.54) is 0 Å². The fourth-order valence-electron chi connectivity index (χ4n) is 4.26. The minimum absolute atomic E-state index is 0.0869. The largest absolute Gasteiger partial charge is 0.481 e. The van der Waals surface area contributed by atoms with Gasteiger partial charge >= 0.3 is 5.97 Å². The molecule has 242 valence electrons. The maximum absolute atomic E-state index is 12.3. The van der Waals surface area contributed by atoms with E-state index in [0.29, 0.717) is 38.9 Å². The number of pyridine rings is 2. The fourth-order valence-corrected chi connectivity index (χ4v) is 5.17. The molecule has 43 heavy (non-hydrogen) atoms. The summed E-state index contributed by atoms with van der Waals surface area (Å²) >= 11 is 6.52. The van der Waals surface area contributed by atoms with Gasteiger partial charge in [0.15, 0.2) is 0 Å². The molecule has 2 saturated heterocycles. The maximum Gasteiger partial charge on any atom is 0.306 e. The first-order chi connectivity index (χ1) is 20.2. The number of nitrogens with two attached hydrogens (primary N) is 1. The van der Waals surface area contributed by atoms with Crippen LogP contribution in [0.4, 0.5) is 5.69 Å². The summed E-state index contributed by atoms with van der Waals surface area (Å²) < 4.78 is 20.4. The maximum atomic E-state index is 12.3. The van der Waals surface area contributed by atoms with Crippen LogP contribution in [0.1, 0.15) is 31.2 Å². The number of likely N-dealkylation sites (tertiary alicyclic amines) is 2. The van der Waals surface area contributed by atoms with Crippen LogP contribution in [0.3, 0.4) is 0 Å². The third kappa shape index (κ3) is 17.5. The van der Waals surface area contributed by atoms with Crippen LogP contribution in [0.2, 0.25) is 0 Å². The second-order valence-corrected chi connectivity index (χ2v) is 14.1. The van der Waals surface area contributed by atoms with Gasteiger partial charge in [-0.1, -0.05) is 0 Å². The molecule has 2 aliphatic heterocycles. The van der Waals surface area contributed by atoms with Crippen molar-refractivity contribution in [3.8, 4) is 11.8 Å². The van der Waals surface area contributed by atoms with Crippen molar-refractivity contribution in [1.29, 1.82) is 0 Å². The van der Waals surface area contributed by atoms with Crippen LogP contribution < -0.4 is 15.2 Å². The molecule has 11 nitrogen and oxygen atoms in total. The number of aromatic nitrogens is 2. The van der Waals surface area contributed by atoms with Crippen molar-refractivity contribution in [3.05, 3.63) is 39.0 Å². The van der Waals surface area contributed by atoms with Crippen molar-refractivity contribution >= 4 is 79.9 Å². The Morgan fingerprint density at radius 1 is 0.907 bits per heavy atom. The van der Waals surface area contributed by atoms with Crippen molar-refractivity contribution in [2.24, 2.45) is 11.8 Å². The van der Waals surface area contributed by atoms with Crippen molar-refractivity contribution in [2.45, 2.75) is 32.1 Å². The van der Waals surface area contributed by atoms with Crippen molar-refractivity contribution in [3.63, 3.8) is 0 Å². The lowest BCUT2D eigenvalue weighted by molar-refractivity contribution is -0.143. The molecule has 0 unspecified atom stereocenters. The van der Waals surface area contributed by atoms with Crippen LogP contribution in [0.25, 0.3) is 0 Å². The minimum atomic E-state index is -1.67. The average molecular weight is 792 g/mol. The van der Waals surface area contributed by atoms with Gasteiger partial charge in [0, 0.05) is 51.5 Å². The zero-order valence-corrected chi connectivity index (χ0v) is 30.1. The second kappa shape index (κ2) is 21.2. The Morgan fingerprint density at radius 3 is 1.74 bits per heavy atom. The molecule has 2 aromatic heterocycles. The number of anilines is 1. The Balaban J connectivity index is 0.000000326. The predicted octanol–water partition coefficient (Wildman–Crippen LogP) is 5.20. The number of carboxylic acid groups (broad SMARTS) is 1. The Kier molecular flexibility index (Phi) is 19.5. The zero-order valence-electron chi connectivity index (χ0n) is 24.6. The lowest BCUT2D eigenvalue weighted by atomic mass is 9.90. The van der Waals surface area contributed by atoms with Gasteiger partial charge < -0.3 is 30.1 Å². The number of hydrogen-bond donors (Lipinski definition) is 2. The van der Waals surface area contributed by atoms with Gasteiger partial charge in [0.05, 0.1) is 20.1 Å². The number of ketones is 1. The predicted molar refractivity (Wildman–Crippen MR) is 178 cm³/mol. The van der Waals surface area contributed by atoms with E-state index < -0.39 is 15.2 Å². The molecule has 0 aliphatic carbocycles. The van der Waals surface area contributed by atoms with E-state index in [9.17, 15) is 9.59 Å². The van der Waals surface area contributed by atoms with Crippen LogP contribution in [0, 0.1) is 11.8 Å². The first-order valence-electron chi connectivity index (χ1n) is 13.3. The molecule has 2 aromatic rings. The molecule has 0 saturated carbocycles. The molecule has 0 amide bonds. The standard InChI is InChI=1S/C14H19BrN2O2.C7H13NO2.C6H7BrN2O.Cl2OS/c1-17-5-3-11(4-6-17)12(18)7-10-8-13(15)16-14(9-10)19-2;1-8-4-2-6(3-5-8)7(9)10;1-10-6-3-4(8)2-5(7)9-6;1-4(2)3/h8-9,11H,3-7H2,1-2H3;6H,2-5H2,1H3,(H,9,10);2-3H,1H3,(H2,8,9);. The van der Waals surface area contributed by atoms with Crippen LogP contribution in [-0.4, -0.2) is 95.3 Å². The van der Waals surface area contributed by atoms with Crippen molar-refractivity contribution < 1.29 is 28.4 Å². The van der Waals surface area contributed by atoms with Crippen LogP contribution in [-0.2, 0) is 25.2 Å². The smallest absolute Gasteiger partial charge is 0.306 e. The van der Waals surface area contributed by atoms with Crippen LogP contribution in [0.15, 0.2) is 33.5 Å². The monoisotopic (exact) mass is 789 g/mol. The van der Waals surface area contributed by atoms with Crippen LogP contribution in [0.5, 0.6) is 11.8 Å². The summed E-state index contributed by atoms with van der Waals surface area (Å²) in [7, 11) is 14.6. The molecule has 4 heterocycles. The molecular weight excluding hydrogens is 753 g/mol. The third-order valence-electron chi connectivity index (χ3n) is 6.66. The van der Waals surface area contributed by atoms with Gasteiger partial charge in [-0.15, -0.1) is 0 Å². The van der Waals surface area contributed by atoms with Gasteiger partial charge in [-0.2, -0.15) is 0 Å². The zero-order chi connectivity index (χ0) is 32.5. The van der Waals surface area contributed by atoms with Gasteiger partial charge in [0.1, 0.15) is 15.0 Å². The average Bonchev–Trinajstić information content (AvgIpc) is 2.93. The van der Waals surface area contributed by atoms with Gasteiger partial charge in [0.2, 0.25) is 21.0 Å². The highest BCUT2D eigenvalue weighted by Crippen LogP contribution is 2.22. The molecule has 0 spiro atoms. The molecule has 0 bridgehead atoms. The topological polar surface area (TPSA) is 148 Å². The van der Waals surface area contributed by atoms with Crippen LogP contribution >= 0.6 is 53.2 Å². The number of carbonyl (C=O) groups excluding carboxylic acids is 1. The molecule has 2 fully saturated rings. The summed E-state index contributed by atoms with van der Waals surface area (Å²) in [6.07, 6.45) is 4.03. The van der Waals surface area contributed by atoms with E-state index >= 15 is 0 Å².